The average molecular weight is 420 g/mol. The lowest BCUT2D eigenvalue weighted by molar-refractivity contribution is 0.406. The lowest BCUT2D eigenvalue weighted by atomic mass is 10.2. The summed E-state index contributed by atoms with van der Waals surface area (Å²) in [5.74, 6) is 1.41. The standard InChI is InChI=1S/C20H25N3O3S2/c1-15-7-9-19(10-8-15)27-13-11-23-17(3)20(16(2)21-23)28(24,25)22(4)14-18-6-5-12-26-18/h5-10,12H,11,13-14H2,1-4H3. The van der Waals surface area contributed by atoms with Crippen molar-refractivity contribution >= 4 is 21.8 Å². The predicted octanol–water partition coefficient (Wildman–Crippen LogP) is 4.01. The second-order valence-corrected chi connectivity index (χ2v) is 9.88. The summed E-state index contributed by atoms with van der Waals surface area (Å²) >= 11 is 1.73. The largest absolute Gasteiger partial charge is 0.468 e. The van der Waals surface area contributed by atoms with Crippen LogP contribution in [0.3, 0.4) is 0 Å². The minimum absolute atomic E-state index is 0.183. The Kier molecular flexibility index (Phi) is 6.32. The van der Waals surface area contributed by atoms with Crippen LogP contribution in [-0.4, -0.2) is 35.3 Å². The van der Waals surface area contributed by atoms with Crippen LogP contribution in [0.2, 0.25) is 0 Å². The first-order valence-electron chi connectivity index (χ1n) is 9.01. The summed E-state index contributed by atoms with van der Waals surface area (Å²) < 4.78 is 34.5. The van der Waals surface area contributed by atoms with Crippen LogP contribution in [-0.2, 0) is 23.1 Å². The number of hydrogen-bond acceptors (Lipinski definition) is 5. The van der Waals surface area contributed by atoms with Crippen LogP contribution in [0.4, 0.5) is 0 Å². The van der Waals surface area contributed by atoms with Gasteiger partial charge in [-0.05, 0) is 45.0 Å². The van der Waals surface area contributed by atoms with Gasteiger partial charge >= 0.3 is 0 Å². The molecule has 0 aliphatic rings. The molecule has 0 N–H and O–H groups in total. The van der Waals surface area contributed by atoms with Gasteiger partial charge in [-0.1, -0.05) is 17.7 Å². The van der Waals surface area contributed by atoms with Gasteiger partial charge in [0.1, 0.15) is 10.7 Å². The molecule has 0 saturated heterocycles. The second-order valence-electron chi connectivity index (χ2n) is 6.73. The molecule has 150 valence electrons. The van der Waals surface area contributed by atoms with E-state index in [1.807, 2.05) is 6.92 Å². The molecular formula is C20H25N3O3S2. The maximum Gasteiger partial charge on any atom is 0.246 e. The van der Waals surface area contributed by atoms with Gasteiger partial charge in [-0.25, -0.2) is 8.42 Å². The van der Waals surface area contributed by atoms with Crippen molar-refractivity contribution in [3.63, 3.8) is 0 Å². The lowest BCUT2D eigenvalue weighted by Gasteiger charge is -2.16. The number of sulfonamides is 1. The number of nitrogens with zero attached hydrogens (tertiary/aromatic N) is 3. The van der Waals surface area contributed by atoms with E-state index in [0.717, 1.165) is 5.75 Å². The smallest absolute Gasteiger partial charge is 0.246 e. The highest BCUT2D eigenvalue weighted by Gasteiger charge is 2.29. The molecular weight excluding hydrogens is 394 g/mol. The number of thioether (sulfide) groups is 1. The van der Waals surface area contributed by atoms with Gasteiger partial charge in [0.15, 0.2) is 0 Å². The molecule has 6 nitrogen and oxygen atoms in total. The van der Waals surface area contributed by atoms with Crippen molar-refractivity contribution in [1.29, 1.82) is 0 Å². The Bertz CT molecular complexity index is 1020. The maximum absolute atomic E-state index is 13.1. The van der Waals surface area contributed by atoms with Gasteiger partial charge in [0.25, 0.3) is 0 Å². The first-order valence-corrected chi connectivity index (χ1v) is 11.4. The average Bonchev–Trinajstić information content (AvgIpc) is 3.24. The fraction of sp³-hybridized carbons (Fsp3) is 0.350. The van der Waals surface area contributed by atoms with Gasteiger partial charge in [0, 0.05) is 17.7 Å². The van der Waals surface area contributed by atoms with E-state index in [4.69, 9.17) is 4.42 Å². The van der Waals surface area contributed by atoms with Crippen molar-refractivity contribution in [3.05, 3.63) is 65.4 Å². The highest BCUT2D eigenvalue weighted by molar-refractivity contribution is 7.99. The SMILES string of the molecule is Cc1ccc(SCCn2nc(C)c(S(=O)(=O)N(C)Cc3ccco3)c2C)cc1. The molecule has 28 heavy (non-hydrogen) atoms. The van der Waals surface area contributed by atoms with Crippen LogP contribution in [0.1, 0.15) is 22.7 Å². The van der Waals surface area contributed by atoms with Gasteiger partial charge < -0.3 is 4.42 Å². The monoisotopic (exact) mass is 419 g/mol. The number of benzene rings is 1. The molecule has 2 aromatic heterocycles. The third-order valence-corrected chi connectivity index (χ3v) is 7.58. The Labute approximate surface area is 170 Å². The van der Waals surface area contributed by atoms with Gasteiger partial charge in [0.2, 0.25) is 10.0 Å². The molecule has 0 aliphatic carbocycles. The van der Waals surface area contributed by atoms with Crippen molar-refractivity contribution in [3.8, 4) is 0 Å². The van der Waals surface area contributed by atoms with E-state index in [-0.39, 0.29) is 11.4 Å². The molecule has 8 heteroatoms. The Hall–Kier alpha value is -2.03. The van der Waals surface area contributed by atoms with Crippen molar-refractivity contribution in [2.75, 3.05) is 12.8 Å². The minimum Gasteiger partial charge on any atom is -0.468 e. The molecule has 0 unspecified atom stereocenters. The van der Waals surface area contributed by atoms with E-state index in [0.29, 0.717) is 23.7 Å². The van der Waals surface area contributed by atoms with Gasteiger partial charge in [-0.15, -0.1) is 11.8 Å². The first-order chi connectivity index (χ1) is 13.3. The van der Waals surface area contributed by atoms with Crippen LogP contribution >= 0.6 is 11.8 Å². The van der Waals surface area contributed by atoms with Crippen molar-refractivity contribution in [2.45, 2.75) is 43.7 Å². The Morgan fingerprint density at radius 2 is 1.86 bits per heavy atom. The van der Waals surface area contributed by atoms with Crippen LogP contribution in [0.5, 0.6) is 0 Å². The quantitative estimate of drug-likeness (QED) is 0.516. The maximum atomic E-state index is 13.1. The van der Waals surface area contributed by atoms with Crippen LogP contribution in [0.25, 0.3) is 0 Å². The summed E-state index contributed by atoms with van der Waals surface area (Å²) in [4.78, 5) is 1.47. The third-order valence-electron chi connectivity index (χ3n) is 4.53. The molecule has 0 fully saturated rings. The van der Waals surface area contributed by atoms with Crippen molar-refractivity contribution in [2.24, 2.45) is 0 Å². The summed E-state index contributed by atoms with van der Waals surface area (Å²) in [5.41, 5.74) is 2.41. The third kappa shape index (κ3) is 4.51. The number of rotatable bonds is 8. The summed E-state index contributed by atoms with van der Waals surface area (Å²) in [6.45, 7) is 6.44. The zero-order valence-electron chi connectivity index (χ0n) is 16.5. The second kappa shape index (κ2) is 8.55. The molecule has 3 aromatic rings. The minimum atomic E-state index is -3.65. The molecule has 0 atom stereocenters. The molecule has 2 heterocycles. The van der Waals surface area contributed by atoms with E-state index in [1.165, 1.54) is 21.0 Å². The fourth-order valence-corrected chi connectivity index (χ4v) is 5.35. The van der Waals surface area contributed by atoms with Gasteiger partial charge in [0.05, 0.1) is 30.7 Å². The van der Waals surface area contributed by atoms with E-state index in [9.17, 15) is 8.42 Å². The summed E-state index contributed by atoms with van der Waals surface area (Å²) in [6.07, 6.45) is 1.54. The van der Waals surface area contributed by atoms with Crippen LogP contribution < -0.4 is 0 Å². The number of aryl methyl sites for hydroxylation is 3. The van der Waals surface area contributed by atoms with Crippen molar-refractivity contribution < 1.29 is 12.8 Å². The predicted molar refractivity (Wildman–Crippen MR) is 111 cm³/mol. The Morgan fingerprint density at radius 1 is 1.14 bits per heavy atom. The summed E-state index contributed by atoms with van der Waals surface area (Å²) in [5, 5.41) is 4.48. The topological polar surface area (TPSA) is 68.3 Å². The summed E-state index contributed by atoms with van der Waals surface area (Å²) in [7, 11) is -2.10. The van der Waals surface area contributed by atoms with E-state index >= 15 is 0 Å². The summed E-state index contributed by atoms with van der Waals surface area (Å²) in [6, 6.07) is 11.9. The van der Waals surface area contributed by atoms with Crippen molar-refractivity contribution in [1.82, 2.24) is 14.1 Å². The van der Waals surface area contributed by atoms with Gasteiger partial charge in [-0.3, -0.25) is 4.68 Å². The number of aromatic nitrogens is 2. The normalized spacial score (nSPS) is 12.0. The number of furan rings is 1. The lowest BCUT2D eigenvalue weighted by Crippen LogP contribution is -2.27. The van der Waals surface area contributed by atoms with E-state index in [1.54, 1.807) is 42.5 Å². The highest BCUT2D eigenvalue weighted by atomic mass is 32.2. The first kappa shape index (κ1) is 20.7. The zero-order valence-corrected chi connectivity index (χ0v) is 18.2. The molecule has 0 radical (unpaired) electrons. The molecule has 1 aromatic carbocycles. The number of hydrogen-bond donors (Lipinski definition) is 0. The van der Waals surface area contributed by atoms with Crippen LogP contribution in [0.15, 0.2) is 56.9 Å². The molecule has 0 bridgehead atoms. The zero-order chi connectivity index (χ0) is 20.3. The van der Waals surface area contributed by atoms with E-state index < -0.39 is 10.0 Å². The van der Waals surface area contributed by atoms with E-state index in [2.05, 4.69) is 36.3 Å². The molecule has 0 amide bonds. The highest BCUT2D eigenvalue weighted by Crippen LogP contribution is 2.25. The molecule has 0 spiro atoms. The molecule has 0 saturated carbocycles. The Morgan fingerprint density at radius 3 is 2.50 bits per heavy atom. The molecule has 0 aliphatic heterocycles. The van der Waals surface area contributed by atoms with Gasteiger partial charge in [-0.2, -0.15) is 9.40 Å². The molecule has 3 rings (SSSR count). The van der Waals surface area contributed by atoms with Crippen LogP contribution in [0, 0.1) is 20.8 Å². The fourth-order valence-electron chi connectivity index (χ4n) is 3.02. The Balaban J connectivity index is 1.72.